The van der Waals surface area contributed by atoms with Gasteiger partial charge in [0, 0.05) is 12.0 Å². The summed E-state index contributed by atoms with van der Waals surface area (Å²) in [6.07, 6.45) is 1.21. The summed E-state index contributed by atoms with van der Waals surface area (Å²) in [6, 6.07) is 12.3. The Morgan fingerprint density at radius 3 is 2.23 bits per heavy atom. The molecule has 2 aromatic rings. The van der Waals surface area contributed by atoms with Crippen LogP contribution in [0, 0.1) is 12.7 Å². The SMILES string of the molecule is Cc1ccc(-c2ccc(C3=CC=C(F)C(F)C3)cc2)c(F)c1. The van der Waals surface area contributed by atoms with E-state index in [9.17, 15) is 13.2 Å². The number of allylic oxidation sites excluding steroid dienone is 4. The van der Waals surface area contributed by atoms with Gasteiger partial charge in [0.1, 0.15) is 11.6 Å². The van der Waals surface area contributed by atoms with Crippen molar-refractivity contribution >= 4 is 5.57 Å². The first-order chi connectivity index (χ1) is 10.5. The maximum absolute atomic E-state index is 14.0. The molecule has 22 heavy (non-hydrogen) atoms. The van der Waals surface area contributed by atoms with Crippen LogP contribution in [0.5, 0.6) is 0 Å². The van der Waals surface area contributed by atoms with Crippen molar-refractivity contribution < 1.29 is 13.2 Å². The lowest BCUT2D eigenvalue weighted by Gasteiger charge is -2.15. The van der Waals surface area contributed by atoms with Gasteiger partial charge in [0.25, 0.3) is 0 Å². The zero-order valence-corrected chi connectivity index (χ0v) is 12.1. The minimum atomic E-state index is -1.57. The number of hydrogen-bond acceptors (Lipinski definition) is 0. The summed E-state index contributed by atoms with van der Waals surface area (Å²) in [5.41, 5.74) is 3.72. The highest BCUT2D eigenvalue weighted by Crippen LogP contribution is 2.31. The van der Waals surface area contributed by atoms with E-state index in [-0.39, 0.29) is 12.2 Å². The molecule has 0 bridgehead atoms. The van der Waals surface area contributed by atoms with Gasteiger partial charge < -0.3 is 0 Å². The van der Waals surface area contributed by atoms with E-state index in [0.29, 0.717) is 5.56 Å². The first-order valence-corrected chi connectivity index (χ1v) is 7.12. The first-order valence-electron chi connectivity index (χ1n) is 7.12. The fourth-order valence-corrected chi connectivity index (χ4v) is 2.58. The van der Waals surface area contributed by atoms with E-state index in [4.69, 9.17) is 0 Å². The van der Waals surface area contributed by atoms with Crippen LogP contribution in [-0.4, -0.2) is 6.17 Å². The topological polar surface area (TPSA) is 0 Å². The van der Waals surface area contributed by atoms with Crippen LogP contribution in [-0.2, 0) is 0 Å². The third-order valence-electron chi connectivity index (χ3n) is 3.83. The van der Waals surface area contributed by atoms with Crippen molar-refractivity contribution in [3.05, 3.63) is 77.4 Å². The van der Waals surface area contributed by atoms with Gasteiger partial charge in [-0.05, 0) is 41.3 Å². The van der Waals surface area contributed by atoms with Crippen LogP contribution in [0.3, 0.4) is 0 Å². The molecule has 0 saturated carbocycles. The second-order valence-electron chi connectivity index (χ2n) is 5.48. The maximum Gasteiger partial charge on any atom is 0.155 e. The molecule has 0 radical (unpaired) electrons. The molecule has 0 amide bonds. The molecule has 0 fully saturated rings. The smallest absolute Gasteiger partial charge is 0.155 e. The molecular weight excluding hydrogens is 285 g/mol. The van der Waals surface area contributed by atoms with Gasteiger partial charge in [-0.3, -0.25) is 0 Å². The lowest BCUT2D eigenvalue weighted by molar-refractivity contribution is 0.329. The van der Waals surface area contributed by atoms with Crippen LogP contribution in [0.25, 0.3) is 16.7 Å². The molecule has 2 aromatic carbocycles. The Kier molecular flexibility index (Phi) is 3.88. The molecule has 3 rings (SSSR count). The largest absolute Gasteiger partial charge is 0.239 e. The monoisotopic (exact) mass is 300 g/mol. The Bertz CT molecular complexity index is 755. The van der Waals surface area contributed by atoms with Crippen molar-refractivity contribution in [3.8, 4) is 11.1 Å². The van der Waals surface area contributed by atoms with E-state index in [0.717, 1.165) is 28.3 Å². The van der Waals surface area contributed by atoms with Crippen LogP contribution in [0.1, 0.15) is 17.5 Å². The first kappa shape index (κ1) is 14.6. The molecule has 0 saturated heterocycles. The molecule has 112 valence electrons. The summed E-state index contributed by atoms with van der Waals surface area (Å²) in [6.45, 7) is 1.84. The highest BCUT2D eigenvalue weighted by Gasteiger charge is 2.19. The molecule has 1 aliphatic rings. The zero-order chi connectivity index (χ0) is 15.7. The van der Waals surface area contributed by atoms with E-state index >= 15 is 0 Å². The number of halogens is 3. The standard InChI is InChI=1S/C19H15F3/c1-12-2-8-16(18(21)10-12)14-5-3-13(4-6-14)15-7-9-17(20)19(22)11-15/h2-10,19H,11H2,1H3. The number of rotatable bonds is 2. The van der Waals surface area contributed by atoms with Gasteiger partial charge >= 0.3 is 0 Å². The van der Waals surface area contributed by atoms with Crippen molar-refractivity contribution in [2.75, 3.05) is 0 Å². The summed E-state index contributed by atoms with van der Waals surface area (Å²) in [5.74, 6) is -0.999. The van der Waals surface area contributed by atoms with E-state index in [1.165, 1.54) is 6.07 Å². The molecule has 1 aliphatic carbocycles. The van der Waals surface area contributed by atoms with Crippen LogP contribution >= 0.6 is 0 Å². The molecule has 1 unspecified atom stereocenters. The van der Waals surface area contributed by atoms with Gasteiger partial charge in [0.2, 0.25) is 0 Å². The molecule has 0 nitrogen and oxygen atoms in total. The highest BCUT2D eigenvalue weighted by molar-refractivity contribution is 5.73. The molecule has 1 atom stereocenters. The van der Waals surface area contributed by atoms with Gasteiger partial charge in [0.15, 0.2) is 6.17 Å². The number of benzene rings is 2. The van der Waals surface area contributed by atoms with Crippen molar-refractivity contribution in [2.24, 2.45) is 0 Å². The number of aryl methyl sites for hydroxylation is 1. The highest BCUT2D eigenvalue weighted by atomic mass is 19.2. The normalized spacial score (nSPS) is 17.9. The quantitative estimate of drug-likeness (QED) is 0.659. The zero-order valence-electron chi connectivity index (χ0n) is 12.1. The van der Waals surface area contributed by atoms with Crippen molar-refractivity contribution in [1.82, 2.24) is 0 Å². The van der Waals surface area contributed by atoms with Gasteiger partial charge in [-0.2, -0.15) is 0 Å². The van der Waals surface area contributed by atoms with Gasteiger partial charge in [-0.25, -0.2) is 13.2 Å². The Labute approximate surface area is 127 Å². The van der Waals surface area contributed by atoms with Gasteiger partial charge in [-0.1, -0.05) is 42.5 Å². The van der Waals surface area contributed by atoms with Crippen LogP contribution in [0.4, 0.5) is 13.2 Å². The average molecular weight is 300 g/mol. The lowest BCUT2D eigenvalue weighted by atomic mass is 9.94. The molecule has 0 N–H and O–H groups in total. The fourth-order valence-electron chi connectivity index (χ4n) is 2.58. The second kappa shape index (κ2) is 5.84. The van der Waals surface area contributed by atoms with E-state index < -0.39 is 12.0 Å². The lowest BCUT2D eigenvalue weighted by Crippen LogP contribution is -2.05. The van der Waals surface area contributed by atoms with E-state index in [1.54, 1.807) is 24.3 Å². The molecule has 0 spiro atoms. The third kappa shape index (κ3) is 2.84. The fraction of sp³-hybridized carbons (Fsp3) is 0.158. The number of alkyl halides is 1. The molecule has 0 aliphatic heterocycles. The Morgan fingerprint density at radius 1 is 0.909 bits per heavy atom. The van der Waals surface area contributed by atoms with Crippen LogP contribution in [0.2, 0.25) is 0 Å². The second-order valence-corrected chi connectivity index (χ2v) is 5.48. The summed E-state index contributed by atoms with van der Waals surface area (Å²) >= 11 is 0. The Morgan fingerprint density at radius 2 is 1.59 bits per heavy atom. The number of hydrogen-bond donors (Lipinski definition) is 0. The molecular formula is C19H15F3. The third-order valence-corrected chi connectivity index (χ3v) is 3.83. The molecule has 0 heterocycles. The molecule has 3 heteroatoms. The summed E-state index contributed by atoms with van der Waals surface area (Å²) in [4.78, 5) is 0. The Hall–Kier alpha value is -2.29. The molecule has 0 aromatic heterocycles. The summed E-state index contributed by atoms with van der Waals surface area (Å²) in [7, 11) is 0. The Balaban J connectivity index is 1.90. The van der Waals surface area contributed by atoms with Crippen molar-refractivity contribution in [1.29, 1.82) is 0 Å². The van der Waals surface area contributed by atoms with Gasteiger partial charge in [0.05, 0.1) is 0 Å². The summed E-state index contributed by atoms with van der Waals surface area (Å²) < 4.78 is 40.4. The maximum atomic E-state index is 14.0. The van der Waals surface area contributed by atoms with Crippen molar-refractivity contribution in [3.63, 3.8) is 0 Å². The summed E-state index contributed by atoms with van der Waals surface area (Å²) in [5, 5.41) is 0. The van der Waals surface area contributed by atoms with E-state index in [2.05, 4.69) is 0 Å². The van der Waals surface area contributed by atoms with Gasteiger partial charge in [-0.15, -0.1) is 0 Å². The minimum absolute atomic E-state index is 0.0283. The van der Waals surface area contributed by atoms with Crippen LogP contribution < -0.4 is 0 Å². The minimum Gasteiger partial charge on any atom is -0.239 e. The van der Waals surface area contributed by atoms with Crippen LogP contribution in [0.15, 0.2) is 60.4 Å². The predicted molar refractivity (Wildman–Crippen MR) is 83.3 cm³/mol. The van der Waals surface area contributed by atoms with Crippen molar-refractivity contribution in [2.45, 2.75) is 19.5 Å². The predicted octanol–water partition coefficient (Wildman–Crippen LogP) is 5.78. The average Bonchev–Trinajstić information content (AvgIpc) is 2.50. The van der Waals surface area contributed by atoms with E-state index in [1.807, 2.05) is 25.1 Å².